The van der Waals surface area contributed by atoms with Gasteiger partial charge in [0, 0.05) is 58.8 Å². The van der Waals surface area contributed by atoms with Gasteiger partial charge >= 0.3 is 0 Å². The minimum absolute atomic E-state index is 0.00303. The first-order valence-corrected chi connectivity index (χ1v) is 7.16. The predicted octanol–water partition coefficient (Wildman–Crippen LogP) is -1.15. The fourth-order valence-electron chi connectivity index (χ4n) is 2.44. The van der Waals surface area contributed by atoms with Crippen LogP contribution in [0.2, 0.25) is 0 Å². The maximum atomic E-state index is 11.5. The zero-order valence-electron chi connectivity index (χ0n) is 13.2. The van der Waals surface area contributed by atoms with E-state index in [0.717, 1.165) is 5.56 Å². The van der Waals surface area contributed by atoms with Crippen LogP contribution < -0.4 is 10.2 Å². The topological polar surface area (TPSA) is 90.8 Å². The molecule has 2 N–H and O–H groups in total. The number of ether oxygens (including phenoxy) is 1. The summed E-state index contributed by atoms with van der Waals surface area (Å²) in [5.41, 5.74) is 0.974. The van der Waals surface area contributed by atoms with Gasteiger partial charge < -0.3 is 20.1 Å². The van der Waals surface area contributed by atoms with E-state index >= 15 is 0 Å². The number of nitrogens with one attached hydrogen (secondary N) is 1. The Kier molecular flexibility index (Phi) is 5.64. The van der Waals surface area contributed by atoms with Gasteiger partial charge in [-0.2, -0.15) is 0 Å². The van der Waals surface area contributed by atoms with Crippen LogP contribution in [0.1, 0.15) is 5.56 Å². The molecule has 8 nitrogen and oxygen atoms in total. The van der Waals surface area contributed by atoms with Crippen molar-refractivity contribution in [3.8, 4) is 0 Å². The molecular weight excluding hydrogens is 286 g/mol. The van der Waals surface area contributed by atoms with Gasteiger partial charge in [0.15, 0.2) is 0 Å². The molecule has 0 aliphatic carbocycles. The van der Waals surface area contributed by atoms with Crippen molar-refractivity contribution in [2.45, 2.75) is 18.7 Å². The van der Waals surface area contributed by atoms with Crippen LogP contribution in [0.5, 0.6) is 0 Å². The minimum atomic E-state index is -0.581. The van der Waals surface area contributed by atoms with Crippen molar-refractivity contribution in [2.75, 3.05) is 45.8 Å². The molecule has 0 spiro atoms. The predicted molar refractivity (Wildman–Crippen MR) is 81.4 cm³/mol. The smallest absolute Gasteiger partial charge is 0.246 e. The molecule has 1 aliphatic rings. The second-order valence-electron chi connectivity index (χ2n) is 5.65. The molecule has 0 saturated carbocycles. The van der Waals surface area contributed by atoms with Crippen LogP contribution in [0.4, 0.5) is 5.95 Å². The fourth-order valence-corrected chi connectivity index (χ4v) is 2.44. The monoisotopic (exact) mass is 309 g/mol. The summed E-state index contributed by atoms with van der Waals surface area (Å²) in [7, 11) is 5.24. The van der Waals surface area contributed by atoms with Crippen LogP contribution in [0, 0.1) is 0 Å². The number of aromatic nitrogens is 2. The van der Waals surface area contributed by atoms with Crippen LogP contribution >= 0.6 is 0 Å². The van der Waals surface area contributed by atoms with Crippen LogP contribution in [-0.2, 0) is 16.1 Å². The molecule has 0 bridgehead atoms. The molecular formula is C14H23N5O3. The van der Waals surface area contributed by atoms with E-state index in [2.05, 4.69) is 20.2 Å². The lowest BCUT2D eigenvalue weighted by molar-refractivity contribution is -0.125. The molecule has 0 aromatic carbocycles. The number of β-amino-alcohol motifs (C(OH)–C–C–N with tert-alkyl or cyclic N) is 1. The van der Waals surface area contributed by atoms with Gasteiger partial charge in [-0.15, -0.1) is 0 Å². The number of rotatable bonds is 6. The maximum absolute atomic E-state index is 11.5. The molecule has 8 heteroatoms. The minimum Gasteiger partial charge on any atom is -0.390 e. The number of methoxy groups -OCH3 is 1. The number of hydrogen-bond donors (Lipinski definition) is 2. The first kappa shape index (κ1) is 16.6. The van der Waals surface area contributed by atoms with Crippen LogP contribution in [-0.4, -0.2) is 78.9 Å². The van der Waals surface area contributed by atoms with E-state index in [1.165, 1.54) is 7.11 Å². The normalized spacial score (nSPS) is 21.8. The molecule has 1 aliphatic heterocycles. The van der Waals surface area contributed by atoms with Gasteiger partial charge in [0.25, 0.3) is 0 Å². The fraction of sp³-hybridized carbons (Fsp3) is 0.643. The lowest BCUT2D eigenvalue weighted by Crippen LogP contribution is -2.44. The number of anilines is 1. The molecule has 1 fully saturated rings. The third-order valence-electron chi connectivity index (χ3n) is 3.48. The second-order valence-corrected chi connectivity index (χ2v) is 5.65. The Morgan fingerprint density at radius 3 is 2.73 bits per heavy atom. The number of likely N-dealkylation sites (tertiary alicyclic amines) is 1. The number of carbonyl (C=O) groups is 1. The van der Waals surface area contributed by atoms with Gasteiger partial charge in [-0.25, -0.2) is 9.97 Å². The third-order valence-corrected chi connectivity index (χ3v) is 3.48. The molecule has 22 heavy (non-hydrogen) atoms. The largest absolute Gasteiger partial charge is 0.390 e. The van der Waals surface area contributed by atoms with Crippen molar-refractivity contribution in [2.24, 2.45) is 0 Å². The zero-order chi connectivity index (χ0) is 16.1. The Morgan fingerprint density at radius 2 is 2.14 bits per heavy atom. The summed E-state index contributed by atoms with van der Waals surface area (Å²) >= 11 is 0. The van der Waals surface area contributed by atoms with E-state index in [0.29, 0.717) is 25.6 Å². The van der Waals surface area contributed by atoms with Crippen LogP contribution in [0.3, 0.4) is 0 Å². The standard InChI is InChI=1S/C14H23N5O3/c1-18(2)14-15-4-10(5-16-14)6-19-7-11(12(20)8-19)17-13(21)9-22-3/h4-5,11-12,20H,6-9H2,1-3H3,(H,17,21)/t11-,12-/m1/s1. The molecule has 2 rings (SSSR count). The van der Waals surface area contributed by atoms with Crippen LogP contribution in [0.25, 0.3) is 0 Å². The summed E-state index contributed by atoms with van der Waals surface area (Å²) in [6.45, 7) is 1.74. The van der Waals surface area contributed by atoms with Crippen LogP contribution in [0.15, 0.2) is 12.4 Å². The lowest BCUT2D eigenvalue weighted by atomic mass is 10.2. The molecule has 2 heterocycles. The van der Waals surface area contributed by atoms with Crippen molar-refractivity contribution >= 4 is 11.9 Å². The van der Waals surface area contributed by atoms with Gasteiger partial charge in [-0.05, 0) is 0 Å². The van der Waals surface area contributed by atoms with Crippen molar-refractivity contribution in [3.05, 3.63) is 18.0 Å². The highest BCUT2D eigenvalue weighted by Gasteiger charge is 2.32. The SMILES string of the molecule is COCC(=O)N[C@@H]1CN(Cc2cnc(N(C)C)nc2)C[C@H]1O. The highest BCUT2D eigenvalue weighted by Crippen LogP contribution is 2.14. The Hall–Kier alpha value is -1.77. The average Bonchev–Trinajstić information content (AvgIpc) is 2.79. The first-order valence-electron chi connectivity index (χ1n) is 7.16. The maximum Gasteiger partial charge on any atom is 0.246 e. The van der Waals surface area contributed by atoms with Gasteiger partial charge in [-0.1, -0.05) is 0 Å². The number of amides is 1. The quantitative estimate of drug-likeness (QED) is 0.686. The summed E-state index contributed by atoms with van der Waals surface area (Å²) in [6, 6.07) is -0.274. The number of nitrogens with zero attached hydrogens (tertiary/aromatic N) is 4. The molecule has 122 valence electrons. The van der Waals surface area contributed by atoms with Crippen molar-refractivity contribution in [3.63, 3.8) is 0 Å². The van der Waals surface area contributed by atoms with E-state index < -0.39 is 6.10 Å². The average molecular weight is 309 g/mol. The van der Waals surface area contributed by atoms with Gasteiger partial charge in [0.1, 0.15) is 6.61 Å². The number of carbonyl (C=O) groups excluding carboxylic acids is 1. The Bertz CT molecular complexity index is 494. The summed E-state index contributed by atoms with van der Waals surface area (Å²) in [5, 5.41) is 12.8. The molecule has 1 amide bonds. The molecule has 1 aromatic heterocycles. The first-order chi connectivity index (χ1) is 10.5. The van der Waals surface area contributed by atoms with Crippen molar-refractivity contribution in [1.82, 2.24) is 20.2 Å². The van der Waals surface area contributed by atoms with Crippen molar-refractivity contribution in [1.29, 1.82) is 0 Å². The van der Waals surface area contributed by atoms with E-state index in [9.17, 15) is 9.90 Å². The van der Waals surface area contributed by atoms with Crippen molar-refractivity contribution < 1.29 is 14.6 Å². The number of hydrogen-bond acceptors (Lipinski definition) is 7. The summed E-state index contributed by atoms with van der Waals surface area (Å²) < 4.78 is 4.77. The lowest BCUT2D eigenvalue weighted by Gasteiger charge is -2.17. The van der Waals surface area contributed by atoms with Gasteiger partial charge in [-0.3, -0.25) is 9.69 Å². The van der Waals surface area contributed by atoms with E-state index in [-0.39, 0.29) is 18.6 Å². The second kappa shape index (κ2) is 7.48. The number of aliphatic hydroxyl groups excluding tert-OH is 1. The van der Waals surface area contributed by atoms with E-state index in [4.69, 9.17) is 4.74 Å². The van der Waals surface area contributed by atoms with E-state index in [1.807, 2.05) is 19.0 Å². The Labute approximate surface area is 130 Å². The molecule has 2 atom stereocenters. The molecule has 0 unspecified atom stereocenters. The third kappa shape index (κ3) is 4.36. The Morgan fingerprint density at radius 1 is 1.45 bits per heavy atom. The highest BCUT2D eigenvalue weighted by molar-refractivity contribution is 5.77. The van der Waals surface area contributed by atoms with Gasteiger partial charge in [0.05, 0.1) is 12.1 Å². The Balaban J connectivity index is 1.88. The van der Waals surface area contributed by atoms with Gasteiger partial charge in [0.2, 0.25) is 11.9 Å². The molecule has 1 saturated heterocycles. The summed E-state index contributed by atoms with van der Waals surface area (Å²) in [5.74, 6) is 0.446. The highest BCUT2D eigenvalue weighted by atomic mass is 16.5. The van der Waals surface area contributed by atoms with E-state index in [1.54, 1.807) is 12.4 Å². The summed E-state index contributed by atoms with van der Waals surface area (Å²) in [6.07, 6.45) is 2.99. The molecule has 0 radical (unpaired) electrons. The number of aliphatic hydroxyl groups is 1. The molecule has 1 aromatic rings. The zero-order valence-corrected chi connectivity index (χ0v) is 13.2. The summed E-state index contributed by atoms with van der Waals surface area (Å²) in [4.78, 5) is 24.0.